The average molecular weight is 1140 g/mol. The Balaban J connectivity index is 0.000000228. The Kier molecular flexibility index (Phi) is 11.1. The molecule has 0 spiro atoms. The van der Waals surface area contributed by atoms with Crippen LogP contribution < -0.4 is 4.40 Å². The average Bonchev–Trinajstić information content (AvgIpc) is 4.08. The minimum atomic E-state index is -2.75. The number of nitrogens with zero attached hydrogens (tertiary/aromatic N) is 4. The SMILES string of the molecule is [2H]C([2H])([2H])c1ccc(-c2c[c-]c(-c3nc4ccccc4n3-c3ccc(-c4ccccc4)cc3)c3oc4cc(-c5ccccc5)cnc4c23)cc1.[2H]C([2H])([2H])c1nc(-c2[c-]cccc2)cc(C([2H])([2H])C(C)C)[c]1[Ge]([CH3])([CH3])[CH3].[Ir]. The van der Waals surface area contributed by atoms with E-state index in [0.717, 1.165) is 55.5 Å². The number of fused-ring (bicyclic) bond motifs is 4. The number of benzene rings is 7. The minimum absolute atomic E-state index is 0. The van der Waals surface area contributed by atoms with E-state index in [0.29, 0.717) is 49.3 Å². The molecule has 0 amide bonds. The fraction of sp³-hybridized carbons (Fsp3) is 0.145. The number of para-hydroxylation sites is 2. The van der Waals surface area contributed by atoms with Crippen LogP contribution in [-0.2, 0) is 26.5 Å². The van der Waals surface area contributed by atoms with Crippen molar-refractivity contribution in [1.82, 2.24) is 19.5 Å². The molecule has 7 aromatic carbocycles. The second-order valence-electron chi connectivity index (χ2n) is 18.2. The number of hydrogen-bond donors (Lipinski definition) is 0. The summed E-state index contributed by atoms with van der Waals surface area (Å²) < 4.78 is 74.6. The van der Waals surface area contributed by atoms with Gasteiger partial charge in [0.05, 0.1) is 28.0 Å². The molecular weight excluding hydrogens is 1080 g/mol. The van der Waals surface area contributed by atoms with E-state index in [2.05, 4.69) is 81.4 Å². The van der Waals surface area contributed by atoms with Gasteiger partial charge in [0.25, 0.3) is 0 Å². The number of rotatable bonds is 9. The van der Waals surface area contributed by atoms with Gasteiger partial charge < -0.3 is 8.98 Å². The molecule has 0 aliphatic carbocycles. The second-order valence-corrected chi connectivity index (χ2v) is 28.7. The molecule has 4 heterocycles. The minimum Gasteiger partial charge on any atom is 0 e. The second kappa shape index (κ2) is 20.1. The Morgan fingerprint density at radius 2 is 1.36 bits per heavy atom. The molecule has 7 heteroatoms. The smallest absolute Gasteiger partial charge is 0 e. The van der Waals surface area contributed by atoms with Gasteiger partial charge >= 0.3 is 139 Å². The van der Waals surface area contributed by atoms with Crippen molar-refractivity contribution in [1.29, 1.82) is 0 Å². The standard InChI is InChI=1S/C43H28N3O.C19H26GeN.Ir/c1-28-16-18-32(19-17-28)35-24-25-36(42-40(35)41-39(47-42)26-33(27-44-41)30-12-6-3-7-13-30)43-45-37-14-8-9-15-38(37)46(43)34-22-20-31(21-23-34)29-10-4-2-5-11-29;1-14(2)12-17-13-18(16-10-8-7-9-11-16)21-15(3)19(17)20(4,5)6;/h2-24,26-27H,1H3;7-10,13-14H,12H2,1-6H3;/q2*-1;/i1D3;3D3,12D2;. The van der Waals surface area contributed by atoms with Gasteiger partial charge in [0.15, 0.2) is 0 Å². The van der Waals surface area contributed by atoms with Crippen LogP contribution in [-0.4, -0.2) is 32.8 Å². The molecule has 11 aromatic rings. The molecule has 0 saturated carbocycles. The molecule has 69 heavy (non-hydrogen) atoms. The number of pyridine rings is 2. The van der Waals surface area contributed by atoms with E-state index in [-0.39, 0.29) is 37.3 Å². The number of furan rings is 1. The van der Waals surface area contributed by atoms with Crippen LogP contribution in [0.15, 0.2) is 187 Å². The monoisotopic (exact) mass is 1150 g/mol. The summed E-state index contributed by atoms with van der Waals surface area (Å²) in [7, 11) is 0. The van der Waals surface area contributed by atoms with Crippen molar-refractivity contribution in [3.05, 3.63) is 211 Å². The molecule has 0 aliphatic rings. The van der Waals surface area contributed by atoms with E-state index in [4.69, 9.17) is 25.4 Å². The van der Waals surface area contributed by atoms with Gasteiger partial charge in [0, 0.05) is 41.7 Å². The summed E-state index contributed by atoms with van der Waals surface area (Å²) in [5.41, 5.74) is 13.3. The summed E-state index contributed by atoms with van der Waals surface area (Å²) >= 11 is -2.75. The summed E-state index contributed by atoms with van der Waals surface area (Å²) in [6, 6.07) is 63.5. The topological polar surface area (TPSA) is 56.7 Å². The third-order valence-corrected chi connectivity index (χ3v) is 16.1. The van der Waals surface area contributed by atoms with Crippen LogP contribution in [0.5, 0.6) is 0 Å². The normalized spacial score (nSPS) is 13.8. The molecule has 343 valence electrons. The molecule has 0 bridgehead atoms. The van der Waals surface area contributed by atoms with Gasteiger partial charge in [0.2, 0.25) is 0 Å². The van der Waals surface area contributed by atoms with Crippen molar-refractivity contribution in [2.75, 3.05) is 0 Å². The zero-order valence-electron chi connectivity index (χ0n) is 46.9. The summed E-state index contributed by atoms with van der Waals surface area (Å²) in [5, 5.41) is 0.813. The van der Waals surface area contributed by atoms with E-state index in [9.17, 15) is 0 Å². The third kappa shape index (κ3) is 9.80. The van der Waals surface area contributed by atoms with Crippen LogP contribution in [0.1, 0.15) is 41.6 Å². The first-order valence-electron chi connectivity index (χ1n) is 26.8. The van der Waals surface area contributed by atoms with Crippen molar-refractivity contribution >= 4 is 50.8 Å². The third-order valence-electron chi connectivity index (χ3n) is 11.9. The molecule has 0 N–H and O–H groups in total. The first-order chi connectivity index (χ1) is 36.2. The van der Waals surface area contributed by atoms with Crippen LogP contribution in [0.2, 0.25) is 17.3 Å². The largest absolute Gasteiger partial charge is 0 e. The van der Waals surface area contributed by atoms with Crippen LogP contribution in [0.4, 0.5) is 0 Å². The van der Waals surface area contributed by atoms with Crippen molar-refractivity contribution in [3.63, 3.8) is 0 Å². The molecule has 4 aromatic heterocycles. The Bertz CT molecular complexity index is 3870. The van der Waals surface area contributed by atoms with E-state index >= 15 is 0 Å². The van der Waals surface area contributed by atoms with Gasteiger partial charge in [-0.3, -0.25) is 9.97 Å². The van der Waals surface area contributed by atoms with Crippen molar-refractivity contribution in [3.8, 4) is 61.7 Å². The fourth-order valence-electron chi connectivity index (χ4n) is 8.83. The van der Waals surface area contributed by atoms with E-state index in [1.807, 2.05) is 129 Å². The summed E-state index contributed by atoms with van der Waals surface area (Å²) in [5.74, 6) is 6.65. The molecular formula is C62H54GeIrN4O-2. The number of aryl methyl sites for hydroxylation is 2. The first kappa shape index (κ1) is 38.2. The zero-order valence-corrected chi connectivity index (χ0v) is 43.4. The Hall–Kier alpha value is -6.70. The number of aromatic nitrogens is 4. The van der Waals surface area contributed by atoms with Gasteiger partial charge in [-0.25, -0.2) is 0 Å². The quantitative estimate of drug-likeness (QED) is 0.107. The molecule has 1 radical (unpaired) electrons. The predicted octanol–water partition coefficient (Wildman–Crippen LogP) is 15.7. The van der Waals surface area contributed by atoms with E-state index in [1.165, 1.54) is 0 Å². The summed E-state index contributed by atoms with van der Waals surface area (Å²) in [6.07, 6.45) is 0.231. The maximum Gasteiger partial charge on any atom is 0 e. The van der Waals surface area contributed by atoms with E-state index < -0.39 is 33.3 Å². The summed E-state index contributed by atoms with van der Waals surface area (Å²) in [6.45, 7) is -0.938. The van der Waals surface area contributed by atoms with Crippen LogP contribution >= 0.6 is 0 Å². The van der Waals surface area contributed by atoms with Gasteiger partial charge in [-0.15, -0.1) is 12.1 Å². The molecule has 0 saturated heterocycles. The van der Waals surface area contributed by atoms with Crippen LogP contribution in [0.25, 0.3) is 94.8 Å². The van der Waals surface area contributed by atoms with Gasteiger partial charge in [0.1, 0.15) is 5.58 Å². The summed E-state index contributed by atoms with van der Waals surface area (Å²) in [4.78, 5) is 14.6. The molecule has 0 aliphatic heterocycles. The number of hydrogen-bond acceptors (Lipinski definition) is 4. The Morgan fingerprint density at radius 3 is 2.03 bits per heavy atom. The fourth-order valence-corrected chi connectivity index (χ4v) is 12.4. The van der Waals surface area contributed by atoms with Gasteiger partial charge in [-0.2, -0.15) is 0 Å². The number of imidazole rings is 1. The van der Waals surface area contributed by atoms with E-state index in [1.54, 1.807) is 24.3 Å². The van der Waals surface area contributed by atoms with Gasteiger partial charge in [-0.05, 0) is 59.3 Å². The zero-order chi connectivity index (χ0) is 53.7. The van der Waals surface area contributed by atoms with Crippen LogP contribution in [0, 0.1) is 31.8 Å². The van der Waals surface area contributed by atoms with Crippen molar-refractivity contribution < 1.29 is 35.5 Å². The maximum atomic E-state index is 8.68. The van der Waals surface area contributed by atoms with Gasteiger partial charge in [-0.1, -0.05) is 131 Å². The maximum absolute atomic E-state index is 8.68. The molecule has 0 fully saturated rings. The predicted molar refractivity (Wildman–Crippen MR) is 286 cm³/mol. The molecule has 11 rings (SSSR count). The van der Waals surface area contributed by atoms with Crippen molar-refractivity contribution in [2.45, 2.75) is 51.2 Å². The Labute approximate surface area is 433 Å². The van der Waals surface area contributed by atoms with Crippen molar-refractivity contribution in [2.24, 2.45) is 5.92 Å². The van der Waals surface area contributed by atoms with Crippen LogP contribution in [0.3, 0.4) is 0 Å². The molecule has 0 unspecified atom stereocenters. The Morgan fingerprint density at radius 1 is 0.696 bits per heavy atom. The molecule has 5 nitrogen and oxygen atoms in total. The molecule has 0 atom stereocenters. The first-order valence-corrected chi connectivity index (χ1v) is 30.1.